The Labute approximate surface area is 85.0 Å². The van der Waals surface area contributed by atoms with Crippen LogP contribution in [0.5, 0.6) is 0 Å². The van der Waals surface area contributed by atoms with Crippen molar-refractivity contribution in [3.63, 3.8) is 0 Å². The highest BCUT2D eigenvalue weighted by atomic mass is 16.3. The maximum Gasteiger partial charge on any atom is 0.0685 e. The van der Waals surface area contributed by atoms with Crippen molar-refractivity contribution in [2.24, 2.45) is 0 Å². The van der Waals surface area contributed by atoms with Crippen LogP contribution in [0.3, 0.4) is 0 Å². The monoisotopic (exact) mass is 191 g/mol. The van der Waals surface area contributed by atoms with Gasteiger partial charge in [0.25, 0.3) is 0 Å². The first-order chi connectivity index (χ1) is 6.81. The van der Waals surface area contributed by atoms with Gasteiger partial charge in [-0.2, -0.15) is 0 Å². The van der Waals surface area contributed by atoms with Gasteiger partial charge in [0.2, 0.25) is 0 Å². The molecule has 1 heterocycles. The molecule has 1 aliphatic heterocycles. The SMILES string of the molecule is Cc1ccc(CO)c([C@H]2CCCN2)c1. The molecule has 1 fully saturated rings. The van der Waals surface area contributed by atoms with Crippen molar-refractivity contribution in [1.82, 2.24) is 5.32 Å². The highest BCUT2D eigenvalue weighted by Gasteiger charge is 2.18. The normalized spacial score (nSPS) is 21.4. The zero-order chi connectivity index (χ0) is 9.97. The van der Waals surface area contributed by atoms with E-state index in [0.29, 0.717) is 6.04 Å². The molecule has 14 heavy (non-hydrogen) atoms. The fourth-order valence-electron chi connectivity index (χ4n) is 2.13. The minimum Gasteiger partial charge on any atom is -0.392 e. The summed E-state index contributed by atoms with van der Waals surface area (Å²) in [5, 5.41) is 12.7. The summed E-state index contributed by atoms with van der Waals surface area (Å²) in [5.41, 5.74) is 3.62. The van der Waals surface area contributed by atoms with E-state index < -0.39 is 0 Å². The number of nitrogens with one attached hydrogen (secondary N) is 1. The Balaban J connectivity index is 2.33. The Hall–Kier alpha value is -0.860. The lowest BCUT2D eigenvalue weighted by Crippen LogP contribution is -2.14. The van der Waals surface area contributed by atoms with Crippen LogP contribution in [0.1, 0.15) is 35.6 Å². The molecule has 0 aliphatic carbocycles. The fourth-order valence-corrected chi connectivity index (χ4v) is 2.13. The summed E-state index contributed by atoms with van der Waals surface area (Å²) in [5.74, 6) is 0. The molecular weight excluding hydrogens is 174 g/mol. The molecule has 1 aromatic rings. The maximum atomic E-state index is 9.24. The van der Waals surface area contributed by atoms with Gasteiger partial charge in [0.05, 0.1) is 6.61 Å². The van der Waals surface area contributed by atoms with Gasteiger partial charge in [-0.1, -0.05) is 23.8 Å². The van der Waals surface area contributed by atoms with E-state index in [9.17, 15) is 5.11 Å². The lowest BCUT2D eigenvalue weighted by Gasteiger charge is -2.15. The molecule has 0 spiro atoms. The summed E-state index contributed by atoms with van der Waals surface area (Å²) >= 11 is 0. The second-order valence-corrected chi connectivity index (χ2v) is 4.01. The van der Waals surface area contributed by atoms with E-state index >= 15 is 0 Å². The molecule has 1 saturated heterocycles. The zero-order valence-corrected chi connectivity index (χ0v) is 8.59. The third-order valence-corrected chi connectivity index (χ3v) is 2.91. The third-order valence-electron chi connectivity index (χ3n) is 2.91. The summed E-state index contributed by atoms with van der Waals surface area (Å²) in [4.78, 5) is 0. The molecule has 2 heteroatoms. The molecule has 0 radical (unpaired) electrons. The molecule has 1 aliphatic rings. The van der Waals surface area contributed by atoms with Crippen molar-refractivity contribution < 1.29 is 5.11 Å². The summed E-state index contributed by atoms with van der Waals surface area (Å²) in [6.45, 7) is 3.34. The molecule has 0 unspecified atom stereocenters. The van der Waals surface area contributed by atoms with E-state index in [1.165, 1.54) is 24.0 Å². The van der Waals surface area contributed by atoms with Crippen LogP contribution in [-0.4, -0.2) is 11.7 Å². The van der Waals surface area contributed by atoms with Crippen LogP contribution in [-0.2, 0) is 6.61 Å². The maximum absolute atomic E-state index is 9.24. The minimum atomic E-state index is 0.147. The Morgan fingerprint density at radius 3 is 3.00 bits per heavy atom. The van der Waals surface area contributed by atoms with Gasteiger partial charge in [0.15, 0.2) is 0 Å². The van der Waals surface area contributed by atoms with Gasteiger partial charge in [-0.25, -0.2) is 0 Å². The number of benzene rings is 1. The summed E-state index contributed by atoms with van der Waals surface area (Å²) in [6, 6.07) is 6.74. The van der Waals surface area contributed by atoms with E-state index in [0.717, 1.165) is 12.1 Å². The first-order valence-corrected chi connectivity index (χ1v) is 5.25. The molecule has 2 rings (SSSR count). The quantitative estimate of drug-likeness (QED) is 0.748. The Morgan fingerprint density at radius 1 is 1.50 bits per heavy atom. The number of aliphatic hydroxyl groups is 1. The van der Waals surface area contributed by atoms with Gasteiger partial charge in [0.1, 0.15) is 0 Å². The van der Waals surface area contributed by atoms with Crippen LogP contribution in [0.2, 0.25) is 0 Å². The van der Waals surface area contributed by atoms with Gasteiger partial charge in [-0.15, -0.1) is 0 Å². The first kappa shape index (κ1) is 9.69. The molecule has 2 N–H and O–H groups in total. The smallest absolute Gasteiger partial charge is 0.0685 e. The van der Waals surface area contributed by atoms with E-state index in [1.807, 2.05) is 6.07 Å². The predicted octanol–water partition coefficient (Wildman–Crippen LogP) is 1.91. The molecule has 1 aromatic carbocycles. The number of rotatable bonds is 2. The van der Waals surface area contributed by atoms with Crippen molar-refractivity contribution in [2.45, 2.75) is 32.4 Å². The number of aryl methyl sites for hydroxylation is 1. The lowest BCUT2D eigenvalue weighted by atomic mass is 9.97. The number of hydrogen-bond donors (Lipinski definition) is 2. The Bertz CT molecular complexity index is 316. The molecule has 1 atom stereocenters. The average Bonchev–Trinajstić information content (AvgIpc) is 2.70. The van der Waals surface area contributed by atoms with Gasteiger partial charge >= 0.3 is 0 Å². The van der Waals surface area contributed by atoms with Gasteiger partial charge < -0.3 is 10.4 Å². The fraction of sp³-hybridized carbons (Fsp3) is 0.500. The molecular formula is C12H17NO. The van der Waals surface area contributed by atoms with Gasteiger partial charge in [0, 0.05) is 6.04 Å². The summed E-state index contributed by atoms with van der Waals surface area (Å²) < 4.78 is 0. The molecule has 0 aromatic heterocycles. The molecule has 0 amide bonds. The van der Waals surface area contributed by atoms with Crippen LogP contribution in [0.25, 0.3) is 0 Å². The number of hydrogen-bond acceptors (Lipinski definition) is 2. The van der Waals surface area contributed by atoms with Crippen LogP contribution < -0.4 is 5.32 Å². The first-order valence-electron chi connectivity index (χ1n) is 5.25. The van der Waals surface area contributed by atoms with E-state index in [2.05, 4.69) is 24.4 Å². The van der Waals surface area contributed by atoms with Crippen LogP contribution in [0.15, 0.2) is 18.2 Å². The Kier molecular flexibility index (Phi) is 2.85. The van der Waals surface area contributed by atoms with Crippen molar-refractivity contribution in [3.8, 4) is 0 Å². The number of aliphatic hydroxyl groups excluding tert-OH is 1. The van der Waals surface area contributed by atoms with E-state index in [-0.39, 0.29) is 6.61 Å². The van der Waals surface area contributed by atoms with Crippen molar-refractivity contribution >= 4 is 0 Å². The van der Waals surface area contributed by atoms with Crippen molar-refractivity contribution in [1.29, 1.82) is 0 Å². The predicted molar refractivity (Wildman–Crippen MR) is 57.1 cm³/mol. The largest absolute Gasteiger partial charge is 0.392 e. The van der Waals surface area contributed by atoms with Crippen LogP contribution >= 0.6 is 0 Å². The zero-order valence-electron chi connectivity index (χ0n) is 8.59. The summed E-state index contributed by atoms with van der Waals surface area (Å²) in [7, 11) is 0. The third kappa shape index (κ3) is 1.81. The van der Waals surface area contributed by atoms with Gasteiger partial charge in [-0.05, 0) is 37.4 Å². The lowest BCUT2D eigenvalue weighted by molar-refractivity contribution is 0.279. The molecule has 2 nitrogen and oxygen atoms in total. The Morgan fingerprint density at radius 2 is 2.36 bits per heavy atom. The van der Waals surface area contributed by atoms with Crippen LogP contribution in [0.4, 0.5) is 0 Å². The van der Waals surface area contributed by atoms with Crippen molar-refractivity contribution in [3.05, 3.63) is 34.9 Å². The standard InChI is InChI=1S/C12H17NO/c1-9-4-5-10(8-14)11(7-9)12-3-2-6-13-12/h4-5,7,12-14H,2-3,6,8H2,1H3/t12-/m1/s1. The highest BCUT2D eigenvalue weighted by molar-refractivity contribution is 5.34. The topological polar surface area (TPSA) is 32.3 Å². The summed E-state index contributed by atoms with van der Waals surface area (Å²) in [6.07, 6.45) is 2.43. The highest BCUT2D eigenvalue weighted by Crippen LogP contribution is 2.26. The second kappa shape index (κ2) is 4.11. The molecule has 76 valence electrons. The van der Waals surface area contributed by atoms with Gasteiger partial charge in [-0.3, -0.25) is 0 Å². The van der Waals surface area contributed by atoms with Crippen LogP contribution in [0, 0.1) is 6.92 Å². The second-order valence-electron chi connectivity index (χ2n) is 4.01. The molecule has 0 bridgehead atoms. The molecule has 0 saturated carbocycles. The minimum absolute atomic E-state index is 0.147. The van der Waals surface area contributed by atoms with Crippen molar-refractivity contribution in [2.75, 3.05) is 6.54 Å². The average molecular weight is 191 g/mol. The van der Waals surface area contributed by atoms with E-state index in [4.69, 9.17) is 0 Å². The van der Waals surface area contributed by atoms with E-state index in [1.54, 1.807) is 0 Å².